The van der Waals surface area contributed by atoms with Crippen molar-refractivity contribution in [1.82, 2.24) is 0 Å². The van der Waals surface area contributed by atoms with Gasteiger partial charge in [0, 0.05) is 22.2 Å². The number of ketones is 1. The number of benzene rings is 3. The molecule has 0 bridgehead atoms. The van der Waals surface area contributed by atoms with E-state index in [9.17, 15) is 4.79 Å². The number of hydrogen-bond acceptors (Lipinski definition) is 5. The Balaban J connectivity index is 1.37. The fourth-order valence-electron chi connectivity index (χ4n) is 3.51. The topological polar surface area (TPSA) is 54.0 Å². The van der Waals surface area contributed by atoms with E-state index in [0.29, 0.717) is 56.7 Å². The highest BCUT2D eigenvalue weighted by molar-refractivity contribution is 6.42. The van der Waals surface area contributed by atoms with E-state index in [-0.39, 0.29) is 18.3 Å². The summed E-state index contributed by atoms with van der Waals surface area (Å²) < 4.78 is 22.6. The van der Waals surface area contributed by atoms with E-state index < -0.39 is 0 Å². The Hall–Kier alpha value is -2.70. The second-order valence-corrected chi connectivity index (χ2v) is 8.48. The summed E-state index contributed by atoms with van der Waals surface area (Å²) in [5, 5.41) is 1.47. The SMILES string of the molecule is O=C1/C(=C/c2cc(Cl)cc3c2OCOC3)Oc2cc(OCc3ccc(Cl)c(Cl)c3)ccc21. The number of allylic oxidation sites excluding steroid dienone is 1. The van der Waals surface area contributed by atoms with Gasteiger partial charge in [0.2, 0.25) is 5.78 Å². The molecule has 5 rings (SSSR count). The van der Waals surface area contributed by atoms with Gasteiger partial charge in [-0.15, -0.1) is 0 Å². The van der Waals surface area contributed by atoms with Gasteiger partial charge in [-0.1, -0.05) is 40.9 Å². The molecule has 0 N–H and O–H groups in total. The molecule has 0 radical (unpaired) electrons. The Kier molecular flexibility index (Phi) is 5.74. The molecule has 8 heteroatoms. The van der Waals surface area contributed by atoms with Crippen molar-refractivity contribution in [1.29, 1.82) is 0 Å². The van der Waals surface area contributed by atoms with Crippen molar-refractivity contribution in [3.05, 3.63) is 91.6 Å². The maximum atomic E-state index is 12.9. The Morgan fingerprint density at radius 1 is 1.00 bits per heavy atom. The summed E-state index contributed by atoms with van der Waals surface area (Å²) in [6, 6.07) is 13.9. The number of ether oxygens (including phenoxy) is 4. The normalized spacial score (nSPS) is 15.7. The monoisotopic (exact) mass is 488 g/mol. The van der Waals surface area contributed by atoms with Gasteiger partial charge in [0.1, 0.15) is 23.9 Å². The van der Waals surface area contributed by atoms with E-state index in [0.717, 1.165) is 11.1 Å². The molecule has 0 aromatic heterocycles. The van der Waals surface area contributed by atoms with Crippen LogP contribution in [0.25, 0.3) is 6.08 Å². The van der Waals surface area contributed by atoms with Crippen LogP contribution in [-0.2, 0) is 18.0 Å². The summed E-state index contributed by atoms with van der Waals surface area (Å²) in [4.78, 5) is 12.9. The van der Waals surface area contributed by atoms with E-state index in [1.54, 1.807) is 48.5 Å². The van der Waals surface area contributed by atoms with Crippen molar-refractivity contribution in [2.24, 2.45) is 0 Å². The molecule has 0 saturated carbocycles. The molecule has 2 heterocycles. The second-order valence-electron chi connectivity index (χ2n) is 7.23. The van der Waals surface area contributed by atoms with Gasteiger partial charge in [-0.3, -0.25) is 4.79 Å². The number of carbonyl (C=O) groups is 1. The van der Waals surface area contributed by atoms with Crippen LogP contribution in [0, 0.1) is 0 Å². The van der Waals surface area contributed by atoms with Crippen molar-refractivity contribution in [3.63, 3.8) is 0 Å². The Bertz CT molecular complexity index is 1270. The smallest absolute Gasteiger partial charge is 0.231 e. The van der Waals surface area contributed by atoms with Crippen LogP contribution in [-0.4, -0.2) is 12.6 Å². The van der Waals surface area contributed by atoms with Crippen LogP contribution in [0.15, 0.2) is 54.3 Å². The predicted molar refractivity (Wildman–Crippen MR) is 122 cm³/mol. The Morgan fingerprint density at radius 2 is 1.88 bits per heavy atom. The first-order valence-electron chi connectivity index (χ1n) is 9.66. The molecule has 0 saturated heterocycles. The maximum absolute atomic E-state index is 12.9. The molecule has 0 atom stereocenters. The number of Topliss-reactive ketones (excluding diaryl/α,β-unsaturated/α-hetero) is 1. The zero-order valence-corrected chi connectivity index (χ0v) is 18.8. The number of halogens is 3. The molecule has 0 aliphatic carbocycles. The molecular weight excluding hydrogens is 475 g/mol. The molecule has 2 aliphatic rings. The standard InChI is InChI=1S/C24H15Cl3O5/c25-16-6-14(24-15(7-16)11-29-12-31-24)8-22-23(28)18-3-2-17(9-21(18)32-22)30-10-13-1-4-19(26)20(27)5-13/h1-9H,10-12H2/b22-8-. The number of fused-ring (bicyclic) bond motifs is 2. The van der Waals surface area contributed by atoms with Gasteiger partial charge >= 0.3 is 0 Å². The van der Waals surface area contributed by atoms with Crippen molar-refractivity contribution in [3.8, 4) is 17.2 Å². The molecule has 2 aliphatic heterocycles. The van der Waals surface area contributed by atoms with Gasteiger partial charge in [-0.2, -0.15) is 0 Å². The average molecular weight is 490 g/mol. The average Bonchev–Trinajstić information content (AvgIpc) is 3.09. The summed E-state index contributed by atoms with van der Waals surface area (Å²) in [6.45, 7) is 0.820. The first kappa shape index (κ1) is 21.2. The highest BCUT2D eigenvalue weighted by Gasteiger charge is 2.28. The highest BCUT2D eigenvalue weighted by Crippen LogP contribution is 2.38. The molecule has 0 unspecified atom stereocenters. The van der Waals surface area contributed by atoms with Crippen LogP contribution >= 0.6 is 34.8 Å². The zero-order chi connectivity index (χ0) is 22.2. The van der Waals surface area contributed by atoms with Crippen molar-refractivity contribution < 1.29 is 23.7 Å². The lowest BCUT2D eigenvalue weighted by molar-refractivity contribution is -0.0165. The van der Waals surface area contributed by atoms with Crippen LogP contribution in [0.5, 0.6) is 17.2 Å². The van der Waals surface area contributed by atoms with Crippen LogP contribution in [0.4, 0.5) is 0 Å². The van der Waals surface area contributed by atoms with Crippen molar-refractivity contribution in [2.75, 3.05) is 6.79 Å². The molecule has 162 valence electrons. The van der Waals surface area contributed by atoms with Crippen LogP contribution in [0.2, 0.25) is 15.1 Å². The number of rotatable bonds is 4. The summed E-state index contributed by atoms with van der Waals surface area (Å²) in [7, 11) is 0. The summed E-state index contributed by atoms with van der Waals surface area (Å²) in [5.41, 5.74) is 2.80. The third-order valence-electron chi connectivity index (χ3n) is 5.02. The van der Waals surface area contributed by atoms with E-state index in [1.807, 2.05) is 6.07 Å². The number of hydrogen-bond donors (Lipinski definition) is 0. The van der Waals surface area contributed by atoms with E-state index >= 15 is 0 Å². The van der Waals surface area contributed by atoms with Gasteiger partial charge in [-0.05, 0) is 48.0 Å². The van der Waals surface area contributed by atoms with Crippen molar-refractivity contribution in [2.45, 2.75) is 13.2 Å². The summed E-state index contributed by atoms with van der Waals surface area (Å²) in [6.07, 6.45) is 1.63. The largest absolute Gasteiger partial charge is 0.489 e. The van der Waals surface area contributed by atoms with E-state index in [4.69, 9.17) is 53.8 Å². The zero-order valence-electron chi connectivity index (χ0n) is 16.5. The molecule has 3 aromatic carbocycles. The minimum atomic E-state index is -0.225. The van der Waals surface area contributed by atoms with Crippen molar-refractivity contribution >= 4 is 46.7 Å². The van der Waals surface area contributed by atoms with Gasteiger partial charge in [0.05, 0.1) is 22.2 Å². The van der Waals surface area contributed by atoms with Gasteiger partial charge in [0.25, 0.3) is 0 Å². The minimum absolute atomic E-state index is 0.138. The summed E-state index contributed by atoms with van der Waals surface area (Å²) >= 11 is 18.2. The third kappa shape index (κ3) is 4.17. The molecule has 0 amide bonds. The minimum Gasteiger partial charge on any atom is -0.489 e. The predicted octanol–water partition coefficient (Wildman–Crippen LogP) is 6.71. The molecule has 3 aromatic rings. The molecule has 0 fully saturated rings. The first-order chi connectivity index (χ1) is 15.5. The Labute approximate surface area is 199 Å². The lowest BCUT2D eigenvalue weighted by Crippen LogP contribution is -2.12. The maximum Gasteiger partial charge on any atom is 0.231 e. The lowest BCUT2D eigenvalue weighted by atomic mass is 10.1. The summed E-state index contributed by atoms with van der Waals surface area (Å²) in [5.74, 6) is 1.57. The lowest BCUT2D eigenvalue weighted by Gasteiger charge is -2.20. The third-order valence-corrected chi connectivity index (χ3v) is 5.98. The van der Waals surface area contributed by atoms with Crippen LogP contribution in [0.3, 0.4) is 0 Å². The highest BCUT2D eigenvalue weighted by atomic mass is 35.5. The van der Waals surface area contributed by atoms with E-state index in [1.165, 1.54) is 0 Å². The van der Waals surface area contributed by atoms with Crippen LogP contribution < -0.4 is 14.2 Å². The van der Waals surface area contributed by atoms with Gasteiger partial charge in [-0.25, -0.2) is 0 Å². The molecule has 0 spiro atoms. The van der Waals surface area contributed by atoms with Crippen LogP contribution in [0.1, 0.15) is 27.0 Å². The van der Waals surface area contributed by atoms with Gasteiger partial charge < -0.3 is 18.9 Å². The quantitative estimate of drug-likeness (QED) is 0.381. The van der Waals surface area contributed by atoms with E-state index in [2.05, 4.69) is 0 Å². The fraction of sp³-hybridized carbons (Fsp3) is 0.125. The molecule has 32 heavy (non-hydrogen) atoms. The first-order valence-corrected chi connectivity index (χ1v) is 10.8. The number of carbonyl (C=O) groups excluding carboxylic acids is 1. The fourth-order valence-corrected chi connectivity index (χ4v) is 4.08. The molecular formula is C24H15Cl3O5. The second kappa shape index (κ2) is 8.68. The Morgan fingerprint density at radius 3 is 2.72 bits per heavy atom. The van der Waals surface area contributed by atoms with Gasteiger partial charge in [0.15, 0.2) is 12.6 Å². The molecule has 5 nitrogen and oxygen atoms in total.